The molecular formula is C17H20N4O3. The van der Waals surface area contributed by atoms with E-state index in [1.54, 1.807) is 34.9 Å². The largest absolute Gasteiger partial charge is 0.398 e. The summed E-state index contributed by atoms with van der Waals surface area (Å²) in [4.78, 5) is 28.3. The Morgan fingerprint density at radius 3 is 2.21 bits per heavy atom. The van der Waals surface area contributed by atoms with Gasteiger partial charge in [-0.05, 0) is 31.5 Å². The van der Waals surface area contributed by atoms with Crippen molar-refractivity contribution in [3.8, 4) is 0 Å². The molecule has 7 nitrogen and oxygen atoms in total. The van der Waals surface area contributed by atoms with E-state index in [1.807, 2.05) is 13.0 Å². The van der Waals surface area contributed by atoms with Crippen molar-refractivity contribution in [3.05, 3.63) is 46.8 Å². The zero-order valence-corrected chi connectivity index (χ0v) is 13.8. The van der Waals surface area contributed by atoms with E-state index in [4.69, 9.17) is 10.3 Å². The van der Waals surface area contributed by atoms with Crippen LogP contribution < -0.4 is 5.73 Å². The Hall–Kier alpha value is -2.83. The predicted molar refractivity (Wildman–Crippen MR) is 88.6 cm³/mol. The molecule has 1 fully saturated rings. The number of amides is 2. The number of nitrogens with zero attached hydrogens (tertiary/aromatic N) is 3. The molecule has 2 N–H and O–H groups in total. The number of nitrogen functional groups attached to an aromatic ring is 1. The second kappa shape index (κ2) is 6.35. The van der Waals surface area contributed by atoms with Crippen molar-refractivity contribution in [3.63, 3.8) is 0 Å². The number of hydrogen-bond acceptors (Lipinski definition) is 5. The fraction of sp³-hybridized carbons (Fsp3) is 0.353. The second-order valence-electron chi connectivity index (χ2n) is 5.99. The van der Waals surface area contributed by atoms with Crippen molar-refractivity contribution in [2.24, 2.45) is 0 Å². The summed E-state index contributed by atoms with van der Waals surface area (Å²) in [6, 6.07) is 6.94. The van der Waals surface area contributed by atoms with E-state index in [1.165, 1.54) is 0 Å². The highest BCUT2D eigenvalue weighted by Crippen LogP contribution is 2.16. The second-order valence-corrected chi connectivity index (χ2v) is 5.99. The maximum Gasteiger partial charge on any atom is 0.292 e. The van der Waals surface area contributed by atoms with Crippen LogP contribution in [-0.2, 0) is 0 Å². The Balaban J connectivity index is 1.63. The molecule has 24 heavy (non-hydrogen) atoms. The number of nitrogens with two attached hydrogens (primary N) is 1. The molecule has 2 amide bonds. The molecule has 0 atom stereocenters. The van der Waals surface area contributed by atoms with E-state index in [9.17, 15) is 9.59 Å². The van der Waals surface area contributed by atoms with Gasteiger partial charge in [0.1, 0.15) is 0 Å². The minimum Gasteiger partial charge on any atom is -0.398 e. The number of rotatable bonds is 2. The van der Waals surface area contributed by atoms with E-state index in [2.05, 4.69) is 5.16 Å². The molecule has 0 saturated carbocycles. The highest BCUT2D eigenvalue weighted by molar-refractivity contribution is 5.96. The van der Waals surface area contributed by atoms with Crippen LogP contribution in [0.25, 0.3) is 0 Å². The van der Waals surface area contributed by atoms with Gasteiger partial charge in [-0.3, -0.25) is 9.59 Å². The van der Waals surface area contributed by atoms with Crippen LogP contribution in [0, 0.1) is 13.8 Å². The summed E-state index contributed by atoms with van der Waals surface area (Å²) in [6.07, 6.45) is 0. The SMILES string of the molecule is Cc1cc(C(=O)N2CCN(C(=O)c3ccc(C)c(N)c3)CC2)on1. The zero-order chi connectivity index (χ0) is 17.3. The third kappa shape index (κ3) is 3.10. The number of carbonyl (C=O) groups excluding carboxylic acids is 2. The van der Waals surface area contributed by atoms with Gasteiger partial charge >= 0.3 is 0 Å². The van der Waals surface area contributed by atoms with Gasteiger partial charge in [0.25, 0.3) is 11.8 Å². The third-order valence-corrected chi connectivity index (χ3v) is 4.22. The molecule has 126 valence electrons. The Kier molecular flexibility index (Phi) is 4.24. The highest BCUT2D eigenvalue weighted by atomic mass is 16.5. The van der Waals surface area contributed by atoms with Crippen LogP contribution in [0.15, 0.2) is 28.8 Å². The van der Waals surface area contributed by atoms with Crippen LogP contribution in [0.5, 0.6) is 0 Å². The van der Waals surface area contributed by atoms with Crippen LogP contribution in [-0.4, -0.2) is 52.9 Å². The van der Waals surface area contributed by atoms with Crippen molar-refractivity contribution in [2.75, 3.05) is 31.9 Å². The Bertz CT molecular complexity index is 776. The van der Waals surface area contributed by atoms with E-state index in [-0.39, 0.29) is 17.6 Å². The van der Waals surface area contributed by atoms with E-state index in [0.29, 0.717) is 43.1 Å². The fourth-order valence-corrected chi connectivity index (χ4v) is 2.69. The Labute approximate surface area is 140 Å². The van der Waals surface area contributed by atoms with Crippen LogP contribution >= 0.6 is 0 Å². The van der Waals surface area contributed by atoms with E-state index >= 15 is 0 Å². The lowest BCUT2D eigenvalue weighted by molar-refractivity contribution is 0.0512. The lowest BCUT2D eigenvalue weighted by Gasteiger charge is -2.34. The first-order valence-electron chi connectivity index (χ1n) is 7.83. The van der Waals surface area contributed by atoms with Gasteiger partial charge in [0.2, 0.25) is 5.76 Å². The minimum atomic E-state index is -0.192. The summed E-state index contributed by atoms with van der Waals surface area (Å²) < 4.78 is 5.01. The van der Waals surface area contributed by atoms with Crippen molar-refractivity contribution in [1.29, 1.82) is 0 Å². The highest BCUT2D eigenvalue weighted by Gasteiger charge is 2.27. The van der Waals surface area contributed by atoms with Crippen molar-refractivity contribution in [2.45, 2.75) is 13.8 Å². The molecule has 0 aliphatic carbocycles. The maximum atomic E-state index is 12.6. The molecule has 1 aliphatic heterocycles. The molecular weight excluding hydrogens is 308 g/mol. The summed E-state index contributed by atoms with van der Waals surface area (Å²) in [5.41, 5.74) is 8.67. The lowest BCUT2D eigenvalue weighted by atomic mass is 10.1. The van der Waals surface area contributed by atoms with Gasteiger partial charge < -0.3 is 20.1 Å². The standard InChI is InChI=1S/C17H20N4O3/c1-11-3-4-13(10-14(11)18)16(22)20-5-7-21(8-6-20)17(23)15-9-12(2)19-24-15/h3-4,9-10H,5-8,18H2,1-2H3. The summed E-state index contributed by atoms with van der Waals surface area (Å²) in [5, 5.41) is 3.73. The Morgan fingerprint density at radius 2 is 1.67 bits per heavy atom. The number of anilines is 1. The molecule has 0 unspecified atom stereocenters. The molecule has 3 rings (SSSR count). The first-order valence-corrected chi connectivity index (χ1v) is 7.83. The average Bonchev–Trinajstić information content (AvgIpc) is 3.02. The molecule has 0 radical (unpaired) electrons. The lowest BCUT2D eigenvalue weighted by Crippen LogP contribution is -2.50. The molecule has 0 spiro atoms. The Morgan fingerprint density at radius 1 is 1.04 bits per heavy atom. The van der Waals surface area contributed by atoms with Crippen LogP contribution in [0.3, 0.4) is 0 Å². The predicted octanol–water partition coefficient (Wildman–Crippen LogP) is 1.47. The molecule has 1 saturated heterocycles. The van der Waals surface area contributed by atoms with Gasteiger partial charge in [-0.25, -0.2) is 0 Å². The number of piperazine rings is 1. The van der Waals surface area contributed by atoms with Crippen molar-refractivity contribution >= 4 is 17.5 Å². The molecule has 1 aromatic heterocycles. The van der Waals surface area contributed by atoms with Gasteiger partial charge in [0.05, 0.1) is 5.69 Å². The van der Waals surface area contributed by atoms with E-state index in [0.717, 1.165) is 5.56 Å². The number of benzene rings is 1. The first-order chi connectivity index (χ1) is 11.5. The smallest absolute Gasteiger partial charge is 0.292 e. The molecule has 1 aliphatic rings. The molecule has 2 heterocycles. The van der Waals surface area contributed by atoms with Gasteiger partial charge in [-0.1, -0.05) is 11.2 Å². The number of hydrogen-bond donors (Lipinski definition) is 1. The first kappa shape index (κ1) is 16.0. The summed E-state index contributed by atoms with van der Waals surface area (Å²) in [5.74, 6) is -0.0230. The summed E-state index contributed by atoms with van der Waals surface area (Å²) >= 11 is 0. The topological polar surface area (TPSA) is 92.7 Å². The van der Waals surface area contributed by atoms with Crippen LogP contribution in [0.2, 0.25) is 0 Å². The number of aryl methyl sites for hydroxylation is 2. The zero-order valence-electron chi connectivity index (χ0n) is 13.8. The van der Waals surface area contributed by atoms with Gasteiger partial charge in [-0.15, -0.1) is 0 Å². The van der Waals surface area contributed by atoms with E-state index < -0.39 is 0 Å². The third-order valence-electron chi connectivity index (χ3n) is 4.22. The molecule has 1 aromatic carbocycles. The van der Waals surface area contributed by atoms with Crippen LogP contribution in [0.4, 0.5) is 5.69 Å². The number of aromatic nitrogens is 1. The maximum absolute atomic E-state index is 12.6. The van der Waals surface area contributed by atoms with Gasteiger partial charge in [0.15, 0.2) is 0 Å². The quantitative estimate of drug-likeness (QED) is 0.843. The monoisotopic (exact) mass is 328 g/mol. The minimum absolute atomic E-state index is 0.0655. The summed E-state index contributed by atoms with van der Waals surface area (Å²) in [6.45, 7) is 5.55. The van der Waals surface area contributed by atoms with Crippen LogP contribution in [0.1, 0.15) is 32.2 Å². The van der Waals surface area contributed by atoms with Crippen molar-refractivity contribution in [1.82, 2.24) is 15.0 Å². The van der Waals surface area contributed by atoms with Gasteiger partial charge in [0, 0.05) is 43.5 Å². The fourth-order valence-electron chi connectivity index (χ4n) is 2.69. The molecule has 7 heteroatoms. The number of carbonyl (C=O) groups is 2. The van der Waals surface area contributed by atoms with Gasteiger partial charge in [-0.2, -0.15) is 0 Å². The normalized spacial score (nSPS) is 14.8. The molecule has 2 aromatic rings. The molecule has 0 bridgehead atoms. The summed E-state index contributed by atoms with van der Waals surface area (Å²) in [7, 11) is 0. The van der Waals surface area contributed by atoms with Crippen molar-refractivity contribution < 1.29 is 14.1 Å². The average molecular weight is 328 g/mol.